The molecule has 0 radical (unpaired) electrons. The van der Waals surface area contributed by atoms with E-state index in [0.29, 0.717) is 43.9 Å². The normalized spacial score (nSPS) is 15.0. The number of rotatable bonds is 4. The molecular weight excluding hydrogens is 357 g/mol. The van der Waals surface area contributed by atoms with Gasteiger partial charge in [-0.1, -0.05) is 24.3 Å². The number of carbonyl (C=O) groups excluding carboxylic acids is 1. The van der Waals surface area contributed by atoms with Crippen molar-refractivity contribution in [1.29, 1.82) is 0 Å². The number of halogens is 1. The van der Waals surface area contributed by atoms with Crippen LogP contribution in [0.3, 0.4) is 0 Å². The zero-order chi connectivity index (χ0) is 19.5. The van der Waals surface area contributed by atoms with Gasteiger partial charge >= 0.3 is 5.97 Å². The Balaban J connectivity index is 1.69. The molecule has 1 aromatic heterocycles. The molecule has 0 N–H and O–H groups in total. The fourth-order valence-corrected chi connectivity index (χ4v) is 3.65. The van der Waals surface area contributed by atoms with Gasteiger partial charge in [0.15, 0.2) is 5.82 Å². The average Bonchev–Trinajstić information content (AvgIpc) is 2.73. The molecule has 6 heteroatoms. The van der Waals surface area contributed by atoms with Gasteiger partial charge < -0.3 is 9.64 Å². The first-order chi connectivity index (χ1) is 13.7. The Hall–Kier alpha value is -3.02. The Morgan fingerprint density at radius 1 is 1.11 bits per heavy atom. The second-order valence-electron chi connectivity index (χ2n) is 6.88. The van der Waals surface area contributed by atoms with E-state index in [2.05, 4.69) is 9.88 Å². The summed E-state index contributed by atoms with van der Waals surface area (Å²) in [5.74, 6) is 0.618. The fraction of sp³-hybridized carbons (Fsp3) is 0.318. The summed E-state index contributed by atoms with van der Waals surface area (Å²) in [5, 5.41) is 0.928. The first-order valence-corrected chi connectivity index (χ1v) is 9.60. The molecule has 28 heavy (non-hydrogen) atoms. The van der Waals surface area contributed by atoms with Crippen LogP contribution in [0.4, 0.5) is 10.2 Å². The molecule has 1 aliphatic rings. The number of anilines is 1. The third-order valence-electron chi connectivity index (χ3n) is 5.11. The van der Waals surface area contributed by atoms with Gasteiger partial charge in [0.1, 0.15) is 11.6 Å². The Kier molecular flexibility index (Phi) is 5.19. The number of benzene rings is 2. The van der Waals surface area contributed by atoms with Crippen LogP contribution in [0, 0.1) is 11.7 Å². The van der Waals surface area contributed by atoms with Crippen LogP contribution in [-0.2, 0) is 9.53 Å². The quantitative estimate of drug-likeness (QED) is 0.636. The van der Waals surface area contributed by atoms with E-state index < -0.39 is 0 Å². The number of ether oxygens (including phenoxy) is 1. The molecule has 2 heterocycles. The highest BCUT2D eigenvalue weighted by Crippen LogP contribution is 2.31. The molecule has 1 fully saturated rings. The van der Waals surface area contributed by atoms with Gasteiger partial charge in [-0.15, -0.1) is 0 Å². The molecule has 0 saturated carbocycles. The van der Waals surface area contributed by atoms with E-state index in [-0.39, 0.29) is 17.7 Å². The van der Waals surface area contributed by atoms with E-state index in [4.69, 9.17) is 9.72 Å². The minimum atomic E-state index is -0.343. The maximum atomic E-state index is 14.3. The van der Waals surface area contributed by atoms with Crippen molar-refractivity contribution < 1.29 is 13.9 Å². The van der Waals surface area contributed by atoms with Crippen LogP contribution in [0.25, 0.3) is 22.3 Å². The average molecular weight is 379 g/mol. The van der Waals surface area contributed by atoms with Crippen molar-refractivity contribution in [3.8, 4) is 11.4 Å². The van der Waals surface area contributed by atoms with Crippen molar-refractivity contribution >= 4 is 22.7 Å². The van der Waals surface area contributed by atoms with Crippen molar-refractivity contribution in [2.75, 3.05) is 24.6 Å². The van der Waals surface area contributed by atoms with Crippen LogP contribution >= 0.6 is 0 Å². The topological polar surface area (TPSA) is 55.3 Å². The minimum absolute atomic E-state index is 0.0738. The summed E-state index contributed by atoms with van der Waals surface area (Å²) in [6.07, 6.45) is 1.43. The molecule has 0 spiro atoms. The predicted molar refractivity (Wildman–Crippen MR) is 107 cm³/mol. The van der Waals surface area contributed by atoms with Crippen LogP contribution in [0.15, 0.2) is 48.5 Å². The lowest BCUT2D eigenvalue weighted by atomic mass is 9.97. The summed E-state index contributed by atoms with van der Waals surface area (Å²) in [4.78, 5) is 23.5. The van der Waals surface area contributed by atoms with Gasteiger partial charge in [-0.05, 0) is 44.0 Å². The molecule has 0 amide bonds. The van der Waals surface area contributed by atoms with Crippen LogP contribution in [0.2, 0.25) is 0 Å². The molecule has 1 aliphatic heterocycles. The monoisotopic (exact) mass is 379 g/mol. The zero-order valence-corrected chi connectivity index (χ0v) is 15.8. The van der Waals surface area contributed by atoms with Crippen LogP contribution in [0.1, 0.15) is 19.8 Å². The second kappa shape index (κ2) is 7.92. The van der Waals surface area contributed by atoms with Crippen molar-refractivity contribution in [3.63, 3.8) is 0 Å². The highest BCUT2D eigenvalue weighted by Gasteiger charge is 2.28. The fourth-order valence-electron chi connectivity index (χ4n) is 3.65. The van der Waals surface area contributed by atoms with Crippen LogP contribution in [-0.4, -0.2) is 35.6 Å². The van der Waals surface area contributed by atoms with Crippen molar-refractivity contribution in [2.45, 2.75) is 19.8 Å². The molecule has 0 atom stereocenters. The summed E-state index contributed by atoms with van der Waals surface area (Å²) in [6.45, 7) is 3.62. The number of aromatic nitrogens is 2. The minimum Gasteiger partial charge on any atom is -0.466 e. The van der Waals surface area contributed by atoms with Crippen LogP contribution in [0.5, 0.6) is 0 Å². The molecular formula is C22H22FN3O2. The van der Waals surface area contributed by atoms with Gasteiger partial charge in [0.25, 0.3) is 0 Å². The number of carbonyl (C=O) groups is 1. The van der Waals surface area contributed by atoms with Gasteiger partial charge in [0.05, 0.1) is 23.6 Å². The standard InChI is InChI=1S/C22H22FN3O2/c1-2-28-22(27)15-11-13-26(14-12-15)21-17-8-4-6-10-19(17)24-20(25-21)16-7-3-5-9-18(16)23/h3-10,15H,2,11-14H2,1H3. The van der Waals surface area contributed by atoms with Gasteiger partial charge in [0.2, 0.25) is 0 Å². The van der Waals surface area contributed by atoms with Crippen LogP contribution < -0.4 is 4.90 Å². The lowest BCUT2D eigenvalue weighted by Crippen LogP contribution is -2.37. The Morgan fingerprint density at radius 2 is 1.82 bits per heavy atom. The van der Waals surface area contributed by atoms with E-state index in [1.165, 1.54) is 6.07 Å². The highest BCUT2D eigenvalue weighted by atomic mass is 19.1. The lowest BCUT2D eigenvalue weighted by Gasteiger charge is -2.32. The molecule has 5 nitrogen and oxygen atoms in total. The zero-order valence-electron chi connectivity index (χ0n) is 15.8. The summed E-state index contributed by atoms with van der Waals surface area (Å²) >= 11 is 0. The third-order valence-corrected chi connectivity index (χ3v) is 5.11. The third kappa shape index (κ3) is 3.54. The smallest absolute Gasteiger partial charge is 0.309 e. The van der Waals surface area contributed by atoms with Gasteiger partial charge in [-0.2, -0.15) is 0 Å². The number of hydrogen-bond acceptors (Lipinski definition) is 5. The highest BCUT2D eigenvalue weighted by molar-refractivity contribution is 5.91. The predicted octanol–water partition coefficient (Wildman–Crippen LogP) is 4.22. The van der Waals surface area contributed by atoms with E-state index >= 15 is 0 Å². The molecule has 0 bridgehead atoms. The number of hydrogen-bond donors (Lipinski definition) is 0. The Morgan fingerprint density at radius 3 is 2.57 bits per heavy atom. The van der Waals surface area contributed by atoms with Crippen molar-refractivity contribution in [3.05, 3.63) is 54.3 Å². The van der Waals surface area contributed by atoms with Gasteiger partial charge in [0, 0.05) is 18.5 Å². The number of esters is 1. The molecule has 0 aliphatic carbocycles. The molecule has 1 saturated heterocycles. The molecule has 2 aromatic carbocycles. The maximum absolute atomic E-state index is 14.3. The largest absolute Gasteiger partial charge is 0.466 e. The first kappa shape index (κ1) is 18.3. The number of nitrogens with zero attached hydrogens (tertiary/aromatic N) is 3. The van der Waals surface area contributed by atoms with E-state index in [1.807, 2.05) is 31.2 Å². The van der Waals surface area contributed by atoms with Gasteiger partial charge in [-0.3, -0.25) is 4.79 Å². The Bertz CT molecular complexity index is 1000. The van der Waals surface area contributed by atoms with Crippen molar-refractivity contribution in [1.82, 2.24) is 9.97 Å². The second-order valence-corrected chi connectivity index (χ2v) is 6.88. The van der Waals surface area contributed by atoms with E-state index in [0.717, 1.165) is 16.7 Å². The molecule has 4 rings (SSSR count). The van der Waals surface area contributed by atoms with Crippen molar-refractivity contribution in [2.24, 2.45) is 5.92 Å². The van der Waals surface area contributed by atoms with E-state index in [1.54, 1.807) is 18.2 Å². The molecule has 3 aromatic rings. The van der Waals surface area contributed by atoms with E-state index in [9.17, 15) is 9.18 Å². The van der Waals surface area contributed by atoms with Gasteiger partial charge in [-0.25, -0.2) is 14.4 Å². The first-order valence-electron chi connectivity index (χ1n) is 9.60. The Labute approximate surface area is 163 Å². The number of para-hydroxylation sites is 1. The summed E-state index contributed by atoms with van der Waals surface area (Å²) in [7, 11) is 0. The lowest BCUT2D eigenvalue weighted by molar-refractivity contribution is -0.148. The molecule has 144 valence electrons. The number of piperidine rings is 1. The maximum Gasteiger partial charge on any atom is 0.309 e. The SMILES string of the molecule is CCOC(=O)C1CCN(c2nc(-c3ccccc3F)nc3ccccc23)CC1. The summed E-state index contributed by atoms with van der Waals surface area (Å²) in [6, 6.07) is 14.3. The molecule has 0 unspecified atom stereocenters. The summed E-state index contributed by atoms with van der Waals surface area (Å²) < 4.78 is 19.5. The number of fused-ring (bicyclic) bond motifs is 1. The summed E-state index contributed by atoms with van der Waals surface area (Å²) in [5.41, 5.74) is 1.16.